The summed E-state index contributed by atoms with van der Waals surface area (Å²) >= 11 is 0. The van der Waals surface area contributed by atoms with Crippen molar-refractivity contribution in [3.8, 4) is 0 Å². The summed E-state index contributed by atoms with van der Waals surface area (Å²) < 4.78 is 0. The number of allylic oxidation sites excluding steroid dienone is 6. The molecule has 3 N–H and O–H groups in total. The van der Waals surface area contributed by atoms with Crippen LogP contribution in [-0.2, 0) is 14.4 Å². The van der Waals surface area contributed by atoms with Gasteiger partial charge in [-0.2, -0.15) is 0 Å². The Morgan fingerprint density at radius 3 is 0.700 bits per heavy atom. The van der Waals surface area contributed by atoms with Crippen LogP contribution in [0.4, 0.5) is 0 Å². The van der Waals surface area contributed by atoms with Gasteiger partial charge in [-0.3, -0.25) is 14.4 Å². The maximum absolute atomic E-state index is 11.2. The van der Waals surface area contributed by atoms with Crippen molar-refractivity contribution in [1.82, 2.24) is 0 Å². The molecular formula is C33H36AlO6. The van der Waals surface area contributed by atoms with Gasteiger partial charge in [0, 0.05) is 17.4 Å². The van der Waals surface area contributed by atoms with E-state index in [0.29, 0.717) is 16.7 Å². The first-order valence-electron chi connectivity index (χ1n) is 12.3. The summed E-state index contributed by atoms with van der Waals surface area (Å²) in [6, 6.07) is 27.4. The first kappa shape index (κ1) is 35.8. The zero-order valence-corrected chi connectivity index (χ0v) is 25.0. The van der Waals surface area contributed by atoms with Crippen molar-refractivity contribution in [3.63, 3.8) is 0 Å². The van der Waals surface area contributed by atoms with Crippen molar-refractivity contribution in [2.45, 2.75) is 41.5 Å². The van der Waals surface area contributed by atoms with Crippen LogP contribution in [0.2, 0.25) is 0 Å². The lowest BCUT2D eigenvalue weighted by atomic mass is 10.0. The van der Waals surface area contributed by atoms with Crippen LogP contribution in [-0.4, -0.2) is 50.0 Å². The van der Waals surface area contributed by atoms with E-state index in [-0.39, 0.29) is 52.0 Å². The molecule has 0 unspecified atom stereocenters. The summed E-state index contributed by atoms with van der Waals surface area (Å²) in [6.07, 6.45) is 0. The molecular weight excluding hydrogens is 519 g/mol. The predicted molar refractivity (Wildman–Crippen MR) is 163 cm³/mol. The predicted octanol–water partition coefficient (Wildman–Crippen LogP) is 7.31. The number of aliphatic hydroxyl groups excluding tert-OH is 3. The number of ketones is 3. The third-order valence-corrected chi connectivity index (χ3v) is 5.33. The number of rotatable bonds is 6. The van der Waals surface area contributed by atoms with E-state index in [1.165, 1.54) is 41.5 Å². The second kappa shape index (κ2) is 18.2. The van der Waals surface area contributed by atoms with Gasteiger partial charge in [0.2, 0.25) is 0 Å². The summed E-state index contributed by atoms with van der Waals surface area (Å²) in [4.78, 5) is 33.5. The molecule has 0 aliphatic carbocycles. The van der Waals surface area contributed by atoms with Gasteiger partial charge in [0.05, 0.1) is 16.7 Å². The average molecular weight is 556 g/mol. The molecule has 3 aromatic rings. The topological polar surface area (TPSA) is 112 Å². The second-order valence-corrected chi connectivity index (χ2v) is 8.65. The standard InChI is InChI=1S/3C11H12O2.Al/c3*1-8(12)11(9(2)13)10-6-4-3-5-7-10;/h3*3-7,12H,1-2H3;/b3*11-8+;. The van der Waals surface area contributed by atoms with Gasteiger partial charge in [-0.05, 0) is 58.2 Å². The molecule has 0 saturated carbocycles. The Morgan fingerprint density at radius 1 is 0.400 bits per heavy atom. The van der Waals surface area contributed by atoms with Gasteiger partial charge in [0.25, 0.3) is 0 Å². The van der Waals surface area contributed by atoms with Crippen LogP contribution in [0.5, 0.6) is 0 Å². The summed E-state index contributed by atoms with van der Waals surface area (Å²) in [6.45, 7) is 8.89. The Balaban J connectivity index is 0.000000563. The van der Waals surface area contributed by atoms with E-state index in [2.05, 4.69) is 0 Å². The fourth-order valence-electron chi connectivity index (χ4n) is 3.82. The molecule has 3 radical (unpaired) electrons. The number of carbonyl (C=O) groups excluding carboxylic acids is 3. The van der Waals surface area contributed by atoms with Crippen molar-refractivity contribution < 1.29 is 29.7 Å². The molecule has 3 rings (SSSR count). The maximum atomic E-state index is 11.2. The highest BCUT2D eigenvalue weighted by Gasteiger charge is 2.11. The zero-order valence-electron chi connectivity index (χ0n) is 23.8. The van der Waals surface area contributed by atoms with E-state index in [4.69, 9.17) is 0 Å². The van der Waals surface area contributed by atoms with E-state index >= 15 is 0 Å². The Bertz CT molecular complexity index is 1170. The number of hydrogen-bond acceptors (Lipinski definition) is 6. The second-order valence-electron chi connectivity index (χ2n) is 8.65. The molecule has 0 fully saturated rings. The molecule has 0 spiro atoms. The fraction of sp³-hybridized carbons (Fsp3) is 0.182. The lowest BCUT2D eigenvalue weighted by molar-refractivity contribution is -0.112. The van der Waals surface area contributed by atoms with Gasteiger partial charge in [-0.25, -0.2) is 0 Å². The average Bonchev–Trinajstić information content (AvgIpc) is 2.85. The van der Waals surface area contributed by atoms with Crippen molar-refractivity contribution in [1.29, 1.82) is 0 Å². The fourth-order valence-corrected chi connectivity index (χ4v) is 3.82. The molecule has 0 atom stereocenters. The van der Waals surface area contributed by atoms with Crippen molar-refractivity contribution in [2.24, 2.45) is 0 Å². The highest BCUT2D eigenvalue weighted by atomic mass is 27.0. The quantitative estimate of drug-likeness (QED) is 0.167. The van der Waals surface area contributed by atoms with Gasteiger partial charge in [0.1, 0.15) is 17.3 Å². The van der Waals surface area contributed by atoms with Crippen LogP contribution in [0.1, 0.15) is 58.2 Å². The van der Waals surface area contributed by atoms with Crippen LogP contribution < -0.4 is 0 Å². The van der Waals surface area contributed by atoms with Crippen molar-refractivity contribution in [3.05, 3.63) is 125 Å². The normalized spacial score (nSPS) is 11.8. The first-order valence-corrected chi connectivity index (χ1v) is 12.3. The molecule has 0 heterocycles. The Morgan fingerprint density at radius 2 is 0.575 bits per heavy atom. The highest BCUT2D eigenvalue weighted by Crippen LogP contribution is 2.19. The van der Waals surface area contributed by atoms with Crippen LogP contribution in [0, 0.1) is 0 Å². The monoisotopic (exact) mass is 555 g/mol. The highest BCUT2D eigenvalue weighted by molar-refractivity contribution is 6.21. The summed E-state index contributed by atoms with van der Waals surface area (Å²) in [5.74, 6) is -0.153. The first-order chi connectivity index (χ1) is 18.4. The van der Waals surface area contributed by atoms with E-state index in [0.717, 1.165) is 16.7 Å². The van der Waals surface area contributed by atoms with Crippen LogP contribution in [0.15, 0.2) is 108 Å². The van der Waals surface area contributed by atoms with Crippen LogP contribution in [0.25, 0.3) is 16.7 Å². The minimum Gasteiger partial charge on any atom is -0.512 e. The van der Waals surface area contributed by atoms with Gasteiger partial charge in [-0.1, -0.05) is 91.0 Å². The molecule has 0 saturated heterocycles. The number of aliphatic hydroxyl groups is 3. The van der Waals surface area contributed by atoms with Crippen LogP contribution in [0.3, 0.4) is 0 Å². The molecule has 207 valence electrons. The molecule has 7 heteroatoms. The molecule has 6 nitrogen and oxygen atoms in total. The van der Waals surface area contributed by atoms with E-state index in [1.54, 1.807) is 36.4 Å². The maximum Gasteiger partial charge on any atom is 0.163 e. The number of Topliss-reactive ketones (excluding diaryl/α,β-unsaturated/α-hetero) is 3. The largest absolute Gasteiger partial charge is 0.512 e. The van der Waals surface area contributed by atoms with E-state index < -0.39 is 0 Å². The third kappa shape index (κ3) is 11.7. The molecule has 0 aliphatic rings. The molecule has 3 aromatic carbocycles. The van der Waals surface area contributed by atoms with E-state index in [1.807, 2.05) is 54.6 Å². The van der Waals surface area contributed by atoms with Crippen LogP contribution >= 0.6 is 0 Å². The lowest BCUT2D eigenvalue weighted by Gasteiger charge is -2.04. The number of benzene rings is 3. The Kier molecular flexibility index (Phi) is 16.3. The minimum atomic E-state index is -0.119. The summed E-state index contributed by atoms with van der Waals surface area (Å²) in [7, 11) is 0. The minimum absolute atomic E-state index is 0. The molecule has 0 amide bonds. The molecule has 0 aromatic heterocycles. The van der Waals surface area contributed by atoms with Gasteiger partial charge in [-0.15, -0.1) is 0 Å². The van der Waals surface area contributed by atoms with E-state index in [9.17, 15) is 29.7 Å². The van der Waals surface area contributed by atoms with Gasteiger partial charge >= 0.3 is 0 Å². The van der Waals surface area contributed by atoms with Gasteiger partial charge < -0.3 is 15.3 Å². The molecule has 0 bridgehead atoms. The summed E-state index contributed by atoms with van der Waals surface area (Å²) in [5, 5.41) is 27.9. The SMILES string of the molecule is CC(=O)/C(=C(/C)O)c1ccccc1.CC(=O)/C(=C(/C)O)c1ccccc1.CC(=O)/C(=C(/C)O)c1ccccc1.[Al]. The third-order valence-electron chi connectivity index (χ3n) is 5.33. The van der Waals surface area contributed by atoms with Crippen molar-refractivity contribution in [2.75, 3.05) is 0 Å². The summed E-state index contributed by atoms with van der Waals surface area (Å²) in [5.41, 5.74) is 3.45. The zero-order chi connectivity index (χ0) is 29.5. The Labute approximate surface area is 247 Å². The number of hydrogen-bond donors (Lipinski definition) is 3. The lowest BCUT2D eigenvalue weighted by Crippen LogP contribution is -1.98. The molecule has 0 aliphatic heterocycles. The number of carbonyl (C=O) groups is 3. The smallest absolute Gasteiger partial charge is 0.163 e. The van der Waals surface area contributed by atoms with Crippen molar-refractivity contribution >= 4 is 51.4 Å². The Hall–Kier alpha value is -4.18. The molecule has 40 heavy (non-hydrogen) atoms. The van der Waals surface area contributed by atoms with Gasteiger partial charge in [0.15, 0.2) is 17.3 Å².